The Hall–Kier alpha value is -1.31. The van der Waals surface area contributed by atoms with E-state index in [0.717, 1.165) is 42.8 Å². The number of hydrogen-bond acceptors (Lipinski definition) is 6. The molecule has 3 N–H and O–H groups in total. The smallest absolute Gasteiger partial charge is 0.310 e. The third kappa shape index (κ3) is 11.5. The summed E-state index contributed by atoms with van der Waals surface area (Å²) in [6.45, 7) is 6.22. The van der Waals surface area contributed by atoms with Gasteiger partial charge in [0.25, 0.3) is 0 Å². The van der Waals surface area contributed by atoms with Gasteiger partial charge in [-0.3, -0.25) is 9.59 Å². The number of carboxylic acids is 1. The summed E-state index contributed by atoms with van der Waals surface area (Å²) >= 11 is 1.56. The van der Waals surface area contributed by atoms with E-state index in [1.807, 2.05) is 13.0 Å². The number of thioether (sulfide) groups is 1. The van der Waals surface area contributed by atoms with Gasteiger partial charge in [-0.05, 0) is 37.4 Å². The first-order valence-electron chi connectivity index (χ1n) is 12.1. The summed E-state index contributed by atoms with van der Waals surface area (Å²) < 4.78 is 5.58. The summed E-state index contributed by atoms with van der Waals surface area (Å²) in [5, 5.41) is 29.8. The lowest BCUT2D eigenvalue weighted by atomic mass is 9.96. The number of aliphatic carboxylic acids is 1. The number of carboxylic acid groups (broad SMARTS) is 1. The molecule has 32 heavy (non-hydrogen) atoms. The summed E-state index contributed by atoms with van der Waals surface area (Å²) in [4.78, 5) is 23.5. The van der Waals surface area contributed by atoms with Crippen LogP contribution in [-0.2, 0) is 14.3 Å². The van der Waals surface area contributed by atoms with E-state index >= 15 is 0 Å². The van der Waals surface area contributed by atoms with Crippen molar-refractivity contribution in [2.24, 2.45) is 11.8 Å². The molecule has 6 nitrogen and oxygen atoms in total. The summed E-state index contributed by atoms with van der Waals surface area (Å²) in [5.41, 5.74) is 0. The molecule has 0 radical (unpaired) electrons. The molecule has 0 aromatic heterocycles. The molecular formula is C25H42O6S. The number of carbonyl (C=O) groups is 2. The van der Waals surface area contributed by atoms with Crippen LogP contribution in [0.25, 0.3) is 0 Å². The first-order chi connectivity index (χ1) is 15.3. The molecule has 0 saturated carbocycles. The predicted octanol–water partition coefficient (Wildman–Crippen LogP) is 5.43. The fourth-order valence-corrected chi connectivity index (χ4v) is 5.08. The molecule has 0 spiro atoms. The molecule has 4 atom stereocenters. The van der Waals surface area contributed by atoms with Crippen molar-refractivity contribution < 1.29 is 29.6 Å². The van der Waals surface area contributed by atoms with E-state index in [9.17, 15) is 19.8 Å². The van der Waals surface area contributed by atoms with E-state index < -0.39 is 18.2 Å². The molecule has 0 aromatic rings. The third-order valence-corrected chi connectivity index (χ3v) is 6.91. The zero-order valence-electron chi connectivity index (χ0n) is 19.9. The quantitative estimate of drug-likeness (QED) is 0.148. The molecule has 0 amide bonds. The van der Waals surface area contributed by atoms with Gasteiger partial charge in [-0.1, -0.05) is 58.6 Å². The van der Waals surface area contributed by atoms with Crippen molar-refractivity contribution in [3.63, 3.8) is 0 Å². The van der Waals surface area contributed by atoms with Crippen molar-refractivity contribution >= 4 is 23.7 Å². The number of ether oxygens (including phenoxy) is 1. The van der Waals surface area contributed by atoms with Gasteiger partial charge >= 0.3 is 11.9 Å². The molecule has 184 valence electrons. The minimum Gasteiger partial charge on any atom is -0.481 e. The molecule has 7 heteroatoms. The van der Waals surface area contributed by atoms with Crippen LogP contribution in [0, 0.1) is 11.8 Å². The summed E-state index contributed by atoms with van der Waals surface area (Å²) in [6.07, 6.45) is 10.2. The number of esters is 1. The van der Waals surface area contributed by atoms with Crippen LogP contribution in [0.5, 0.6) is 0 Å². The monoisotopic (exact) mass is 470 g/mol. The van der Waals surface area contributed by atoms with Gasteiger partial charge in [-0.2, -0.15) is 0 Å². The predicted molar refractivity (Wildman–Crippen MR) is 129 cm³/mol. The highest BCUT2D eigenvalue weighted by Crippen LogP contribution is 2.41. The zero-order chi connectivity index (χ0) is 23.9. The van der Waals surface area contributed by atoms with Crippen molar-refractivity contribution in [1.82, 2.24) is 0 Å². The van der Waals surface area contributed by atoms with Gasteiger partial charge in [0, 0.05) is 30.1 Å². The summed E-state index contributed by atoms with van der Waals surface area (Å²) in [7, 11) is 0. The van der Waals surface area contributed by atoms with E-state index in [1.54, 1.807) is 17.8 Å². The number of hydrogen-bond donors (Lipinski definition) is 3. The summed E-state index contributed by atoms with van der Waals surface area (Å²) in [6, 6.07) is 0. The molecule has 0 fully saturated rings. The lowest BCUT2D eigenvalue weighted by molar-refractivity contribution is -0.140. The average Bonchev–Trinajstić information content (AvgIpc) is 3.01. The van der Waals surface area contributed by atoms with E-state index in [1.165, 1.54) is 0 Å². The van der Waals surface area contributed by atoms with Crippen LogP contribution in [0.1, 0.15) is 91.4 Å². The Balaban J connectivity index is 2.77. The van der Waals surface area contributed by atoms with Crippen LogP contribution >= 0.6 is 11.8 Å². The molecule has 0 aliphatic heterocycles. The first kappa shape index (κ1) is 28.7. The lowest BCUT2D eigenvalue weighted by Gasteiger charge is -2.17. The fourth-order valence-electron chi connectivity index (χ4n) is 3.80. The van der Waals surface area contributed by atoms with Crippen LogP contribution in [0.4, 0.5) is 0 Å². The van der Waals surface area contributed by atoms with E-state index in [0.29, 0.717) is 37.4 Å². The Kier molecular flexibility index (Phi) is 14.7. The third-order valence-electron chi connectivity index (χ3n) is 5.61. The van der Waals surface area contributed by atoms with E-state index in [4.69, 9.17) is 9.84 Å². The molecule has 0 bridgehead atoms. The van der Waals surface area contributed by atoms with Gasteiger partial charge in [-0.25, -0.2) is 0 Å². The number of aliphatic hydroxyl groups is 2. The zero-order valence-corrected chi connectivity index (χ0v) is 20.7. The normalized spacial score (nSPS) is 20.7. The Morgan fingerprint density at radius 2 is 1.91 bits per heavy atom. The van der Waals surface area contributed by atoms with Gasteiger partial charge in [0.05, 0.1) is 12.2 Å². The Bertz CT molecular complexity index is 630. The van der Waals surface area contributed by atoms with Crippen molar-refractivity contribution in [2.75, 3.05) is 5.75 Å². The van der Waals surface area contributed by atoms with Gasteiger partial charge in [-0.15, -0.1) is 11.8 Å². The Morgan fingerprint density at radius 1 is 1.16 bits per heavy atom. The number of rotatable bonds is 17. The van der Waals surface area contributed by atoms with Gasteiger partial charge in [0.1, 0.15) is 5.76 Å². The standard InChI is InChI=1S/C25H42O6S/c1-4-6-11-18(3)16-19(26)13-14-20-21(27)17-22(31-24(30)10-5-2)25(20)32-15-9-7-8-12-23(28)29/h13-14,18-21,26-27H,4-12,15-17H2,1-3H3,(H,28,29)/b14-13+/t18-,19-,20+,21-/m1/s1. The van der Waals surface area contributed by atoms with Crippen molar-refractivity contribution in [3.8, 4) is 0 Å². The minimum atomic E-state index is -0.780. The maximum atomic E-state index is 12.0. The van der Waals surface area contributed by atoms with Gasteiger partial charge in [0.15, 0.2) is 0 Å². The topological polar surface area (TPSA) is 104 Å². The highest BCUT2D eigenvalue weighted by atomic mass is 32.2. The van der Waals surface area contributed by atoms with Crippen molar-refractivity contribution in [3.05, 3.63) is 22.8 Å². The number of aliphatic hydroxyl groups excluding tert-OH is 2. The maximum absolute atomic E-state index is 12.0. The lowest BCUT2D eigenvalue weighted by Crippen LogP contribution is -2.15. The Labute approximate surface area is 197 Å². The molecular weight excluding hydrogens is 428 g/mol. The molecule has 1 aliphatic rings. The largest absolute Gasteiger partial charge is 0.481 e. The fraction of sp³-hybridized carbons (Fsp3) is 0.760. The molecule has 1 rings (SSSR count). The number of carbonyl (C=O) groups excluding carboxylic acids is 1. The molecule has 0 saturated heterocycles. The van der Waals surface area contributed by atoms with Crippen LogP contribution in [0.3, 0.4) is 0 Å². The molecule has 0 aromatic carbocycles. The van der Waals surface area contributed by atoms with Gasteiger partial charge in [0.2, 0.25) is 0 Å². The number of unbranched alkanes of at least 4 members (excludes halogenated alkanes) is 3. The van der Waals surface area contributed by atoms with Crippen molar-refractivity contribution in [1.29, 1.82) is 0 Å². The highest BCUT2D eigenvalue weighted by molar-refractivity contribution is 8.03. The SMILES string of the molecule is CCCC[C@@H](C)C[C@H](O)/C=C/[C@@H]1C(SCCCCCC(=O)O)=C(OC(=O)CCC)C[C@H]1O. The highest BCUT2D eigenvalue weighted by Gasteiger charge is 2.34. The van der Waals surface area contributed by atoms with Crippen LogP contribution in [0.2, 0.25) is 0 Å². The average molecular weight is 471 g/mol. The van der Waals surface area contributed by atoms with Crippen LogP contribution in [-0.4, -0.2) is 45.2 Å². The van der Waals surface area contributed by atoms with Gasteiger partial charge < -0.3 is 20.1 Å². The first-order valence-corrected chi connectivity index (χ1v) is 13.1. The van der Waals surface area contributed by atoms with Crippen LogP contribution < -0.4 is 0 Å². The summed E-state index contributed by atoms with van der Waals surface area (Å²) in [5.74, 6) is 0.359. The van der Waals surface area contributed by atoms with Crippen molar-refractivity contribution in [2.45, 2.75) is 104 Å². The second-order valence-electron chi connectivity index (χ2n) is 8.80. The second-order valence-corrected chi connectivity index (χ2v) is 9.93. The molecule has 0 heterocycles. The minimum absolute atomic E-state index is 0.173. The van der Waals surface area contributed by atoms with E-state index in [2.05, 4.69) is 13.8 Å². The molecule has 1 aliphatic carbocycles. The van der Waals surface area contributed by atoms with Crippen LogP contribution in [0.15, 0.2) is 22.8 Å². The Morgan fingerprint density at radius 3 is 2.56 bits per heavy atom. The molecule has 0 unspecified atom stereocenters. The van der Waals surface area contributed by atoms with E-state index in [-0.39, 0.29) is 24.7 Å². The maximum Gasteiger partial charge on any atom is 0.310 e. The second kappa shape index (κ2) is 16.3.